The molecule has 0 fully saturated rings. The van der Waals surface area contributed by atoms with Crippen molar-refractivity contribution in [3.63, 3.8) is 0 Å². The van der Waals surface area contributed by atoms with Crippen molar-refractivity contribution in [1.29, 1.82) is 0 Å². The Hall–Kier alpha value is -1.32. The summed E-state index contributed by atoms with van der Waals surface area (Å²) in [6.07, 6.45) is 0.944. The number of benzene rings is 1. The van der Waals surface area contributed by atoms with Gasteiger partial charge in [-0.1, -0.05) is 42.8 Å². The van der Waals surface area contributed by atoms with Gasteiger partial charge < -0.3 is 5.11 Å². The average molecular weight is 279 g/mol. The standard InChI is InChI=1S/C15H19ClN2O/c1-4-11-5-7-12(8-6-11)14(19)9-13-10(2)17-18(3)15(13)16/h5-8,14,19H,4,9H2,1-3H3. The Bertz CT molecular complexity index is 560. The number of aliphatic hydroxyl groups is 1. The lowest BCUT2D eigenvalue weighted by atomic mass is 10.0. The zero-order valence-electron chi connectivity index (χ0n) is 11.5. The number of hydrogen-bond acceptors (Lipinski definition) is 2. The van der Waals surface area contributed by atoms with Crippen molar-refractivity contribution in [2.45, 2.75) is 32.8 Å². The molecule has 1 N–H and O–H groups in total. The molecule has 1 aromatic heterocycles. The molecule has 0 radical (unpaired) electrons. The molecule has 0 saturated carbocycles. The summed E-state index contributed by atoms with van der Waals surface area (Å²) in [6, 6.07) is 8.05. The molecule has 1 unspecified atom stereocenters. The summed E-state index contributed by atoms with van der Waals surface area (Å²) in [5.41, 5.74) is 3.97. The van der Waals surface area contributed by atoms with Gasteiger partial charge in [0.25, 0.3) is 0 Å². The van der Waals surface area contributed by atoms with Crippen molar-refractivity contribution >= 4 is 11.6 Å². The number of aliphatic hydroxyl groups excluding tert-OH is 1. The largest absolute Gasteiger partial charge is 0.388 e. The molecule has 3 nitrogen and oxygen atoms in total. The molecule has 1 aromatic carbocycles. The molecule has 19 heavy (non-hydrogen) atoms. The molecular weight excluding hydrogens is 260 g/mol. The van der Waals surface area contributed by atoms with Gasteiger partial charge in [0.05, 0.1) is 11.8 Å². The minimum atomic E-state index is -0.550. The Labute approximate surface area is 118 Å². The van der Waals surface area contributed by atoms with E-state index in [1.807, 2.05) is 19.1 Å². The van der Waals surface area contributed by atoms with Gasteiger partial charge in [-0.05, 0) is 24.5 Å². The summed E-state index contributed by atoms with van der Waals surface area (Å²) in [5.74, 6) is 0. The zero-order valence-corrected chi connectivity index (χ0v) is 12.3. The lowest BCUT2D eigenvalue weighted by molar-refractivity contribution is 0.178. The second-order valence-electron chi connectivity index (χ2n) is 4.79. The van der Waals surface area contributed by atoms with E-state index < -0.39 is 6.10 Å². The van der Waals surface area contributed by atoms with Crippen LogP contribution in [0.5, 0.6) is 0 Å². The van der Waals surface area contributed by atoms with E-state index in [2.05, 4.69) is 24.2 Å². The third-order valence-corrected chi connectivity index (χ3v) is 3.91. The summed E-state index contributed by atoms with van der Waals surface area (Å²) in [5, 5.41) is 15.2. The van der Waals surface area contributed by atoms with Crippen molar-refractivity contribution < 1.29 is 5.11 Å². The maximum Gasteiger partial charge on any atom is 0.130 e. The normalized spacial score (nSPS) is 12.7. The van der Waals surface area contributed by atoms with Crippen LogP contribution in [0.15, 0.2) is 24.3 Å². The molecule has 0 aliphatic rings. The first-order chi connectivity index (χ1) is 9.02. The topological polar surface area (TPSA) is 38.1 Å². The Balaban J connectivity index is 2.17. The number of rotatable bonds is 4. The lowest BCUT2D eigenvalue weighted by Gasteiger charge is -2.11. The van der Waals surface area contributed by atoms with Gasteiger partial charge in [-0.25, -0.2) is 0 Å². The summed E-state index contributed by atoms with van der Waals surface area (Å²) in [7, 11) is 1.81. The van der Waals surface area contributed by atoms with Gasteiger partial charge in [0.1, 0.15) is 5.15 Å². The predicted octanol–water partition coefficient (Wildman–Crippen LogP) is 3.22. The molecule has 0 aliphatic carbocycles. The van der Waals surface area contributed by atoms with Crippen LogP contribution in [0.3, 0.4) is 0 Å². The maximum atomic E-state index is 10.3. The Morgan fingerprint density at radius 2 is 1.95 bits per heavy atom. The molecule has 1 atom stereocenters. The maximum absolute atomic E-state index is 10.3. The number of nitrogens with zero attached hydrogens (tertiary/aromatic N) is 2. The van der Waals surface area contributed by atoms with Crippen LogP contribution in [-0.2, 0) is 19.9 Å². The highest BCUT2D eigenvalue weighted by Crippen LogP contribution is 2.25. The van der Waals surface area contributed by atoms with E-state index in [0.29, 0.717) is 11.6 Å². The number of aryl methyl sites for hydroxylation is 3. The van der Waals surface area contributed by atoms with E-state index in [-0.39, 0.29) is 0 Å². The van der Waals surface area contributed by atoms with Crippen molar-refractivity contribution in [3.05, 3.63) is 51.8 Å². The molecule has 1 heterocycles. The first kappa shape index (κ1) is 14.1. The van der Waals surface area contributed by atoms with Crippen LogP contribution in [0.25, 0.3) is 0 Å². The van der Waals surface area contributed by atoms with Crippen LogP contribution < -0.4 is 0 Å². The fourth-order valence-electron chi connectivity index (χ4n) is 2.19. The summed E-state index contributed by atoms with van der Waals surface area (Å²) in [6.45, 7) is 4.03. The second-order valence-corrected chi connectivity index (χ2v) is 5.15. The molecule has 0 spiro atoms. The highest BCUT2D eigenvalue weighted by Gasteiger charge is 2.16. The fourth-order valence-corrected chi connectivity index (χ4v) is 2.44. The van der Waals surface area contributed by atoms with Gasteiger partial charge in [-0.3, -0.25) is 4.68 Å². The molecule has 102 valence electrons. The van der Waals surface area contributed by atoms with Crippen molar-refractivity contribution in [2.24, 2.45) is 7.05 Å². The highest BCUT2D eigenvalue weighted by atomic mass is 35.5. The first-order valence-electron chi connectivity index (χ1n) is 6.47. The third kappa shape index (κ3) is 2.99. The number of halogens is 1. The smallest absolute Gasteiger partial charge is 0.130 e. The molecule has 2 aromatic rings. The molecule has 0 saturated heterocycles. The quantitative estimate of drug-likeness (QED) is 0.932. The average Bonchev–Trinajstić information content (AvgIpc) is 2.65. The number of aromatic nitrogens is 2. The van der Waals surface area contributed by atoms with Gasteiger partial charge in [0.15, 0.2) is 0 Å². The van der Waals surface area contributed by atoms with Crippen LogP contribution in [0.2, 0.25) is 5.15 Å². The predicted molar refractivity (Wildman–Crippen MR) is 77.4 cm³/mol. The summed E-state index contributed by atoms with van der Waals surface area (Å²) >= 11 is 6.18. The summed E-state index contributed by atoms with van der Waals surface area (Å²) < 4.78 is 1.64. The zero-order chi connectivity index (χ0) is 14.0. The van der Waals surface area contributed by atoms with Crippen LogP contribution in [-0.4, -0.2) is 14.9 Å². The van der Waals surface area contributed by atoms with Crippen LogP contribution in [0.1, 0.15) is 35.4 Å². The van der Waals surface area contributed by atoms with Crippen LogP contribution in [0.4, 0.5) is 0 Å². The molecule has 2 rings (SSSR count). The van der Waals surface area contributed by atoms with Gasteiger partial charge >= 0.3 is 0 Å². The van der Waals surface area contributed by atoms with E-state index in [0.717, 1.165) is 23.2 Å². The van der Waals surface area contributed by atoms with E-state index in [9.17, 15) is 5.11 Å². The molecule has 4 heteroatoms. The van der Waals surface area contributed by atoms with Gasteiger partial charge in [0.2, 0.25) is 0 Å². The SMILES string of the molecule is CCc1ccc(C(O)Cc2c(C)nn(C)c2Cl)cc1. The second kappa shape index (κ2) is 5.76. The molecule has 0 aliphatic heterocycles. The summed E-state index contributed by atoms with van der Waals surface area (Å²) in [4.78, 5) is 0. The molecule has 0 amide bonds. The lowest BCUT2D eigenvalue weighted by Crippen LogP contribution is -2.03. The molecular formula is C15H19ClN2O. The van der Waals surface area contributed by atoms with E-state index in [4.69, 9.17) is 11.6 Å². The minimum Gasteiger partial charge on any atom is -0.388 e. The monoisotopic (exact) mass is 278 g/mol. The van der Waals surface area contributed by atoms with Crippen LogP contribution >= 0.6 is 11.6 Å². The highest BCUT2D eigenvalue weighted by molar-refractivity contribution is 6.30. The third-order valence-electron chi connectivity index (χ3n) is 3.44. The Kier molecular flexibility index (Phi) is 4.27. The Morgan fingerprint density at radius 3 is 2.42 bits per heavy atom. The number of hydrogen-bond donors (Lipinski definition) is 1. The minimum absolute atomic E-state index is 0.490. The van der Waals surface area contributed by atoms with Crippen LogP contribution in [0, 0.1) is 6.92 Å². The van der Waals surface area contributed by atoms with E-state index in [1.165, 1.54) is 5.56 Å². The van der Waals surface area contributed by atoms with Gasteiger partial charge in [0, 0.05) is 19.0 Å². The van der Waals surface area contributed by atoms with Gasteiger partial charge in [-0.15, -0.1) is 0 Å². The van der Waals surface area contributed by atoms with Crippen molar-refractivity contribution in [3.8, 4) is 0 Å². The van der Waals surface area contributed by atoms with E-state index in [1.54, 1.807) is 11.7 Å². The Morgan fingerprint density at radius 1 is 1.32 bits per heavy atom. The molecule has 0 bridgehead atoms. The van der Waals surface area contributed by atoms with Crippen molar-refractivity contribution in [1.82, 2.24) is 9.78 Å². The van der Waals surface area contributed by atoms with Gasteiger partial charge in [-0.2, -0.15) is 5.10 Å². The fraction of sp³-hybridized carbons (Fsp3) is 0.400. The first-order valence-corrected chi connectivity index (χ1v) is 6.85. The van der Waals surface area contributed by atoms with E-state index >= 15 is 0 Å². The van der Waals surface area contributed by atoms with Crippen molar-refractivity contribution in [2.75, 3.05) is 0 Å².